The summed E-state index contributed by atoms with van der Waals surface area (Å²) >= 11 is 0. The molecule has 1 aliphatic heterocycles. The zero-order valence-electron chi connectivity index (χ0n) is 19.1. The molecule has 1 aromatic heterocycles. The number of likely N-dealkylation sites (tertiary alicyclic amines) is 1. The maximum Gasteiger partial charge on any atom is 0.407 e. The van der Waals surface area contributed by atoms with Crippen LogP contribution in [0.1, 0.15) is 39.2 Å². The lowest BCUT2D eigenvalue weighted by Crippen LogP contribution is -2.45. The standard InChI is InChI=1S/C26H32N4O2/c1-26(2,3)32-25(31)29-22-10-12-30(13-11-22)17-18-4-5-20-15-28-16-24(23(20)14-18)19-6-8-21(27)9-7-19/h4-9,14-16,22H,10-13,17,27H2,1-3H3,(H,29,31). The minimum absolute atomic E-state index is 0.167. The maximum atomic E-state index is 12.0. The van der Waals surface area contributed by atoms with E-state index in [0.717, 1.165) is 54.7 Å². The third-order valence-electron chi connectivity index (χ3n) is 5.76. The predicted molar refractivity (Wildman–Crippen MR) is 129 cm³/mol. The second kappa shape index (κ2) is 9.17. The Bertz CT molecular complexity index is 1080. The van der Waals surface area contributed by atoms with Crippen molar-refractivity contribution < 1.29 is 9.53 Å². The fraction of sp³-hybridized carbons (Fsp3) is 0.385. The molecule has 0 saturated carbocycles. The molecule has 0 bridgehead atoms. The van der Waals surface area contributed by atoms with Crippen LogP contribution in [0.2, 0.25) is 0 Å². The first-order valence-electron chi connectivity index (χ1n) is 11.2. The highest BCUT2D eigenvalue weighted by Gasteiger charge is 2.23. The average molecular weight is 433 g/mol. The van der Waals surface area contributed by atoms with Crippen molar-refractivity contribution in [3.63, 3.8) is 0 Å². The summed E-state index contributed by atoms with van der Waals surface area (Å²) in [6, 6.07) is 14.7. The second-order valence-corrected chi connectivity index (χ2v) is 9.56. The molecule has 0 aliphatic carbocycles. The van der Waals surface area contributed by atoms with Crippen molar-refractivity contribution in [2.45, 2.75) is 51.8 Å². The summed E-state index contributed by atoms with van der Waals surface area (Å²) in [5, 5.41) is 5.34. The van der Waals surface area contributed by atoms with Crippen LogP contribution in [0, 0.1) is 0 Å². The molecule has 0 atom stereocenters. The Kier molecular flexibility index (Phi) is 6.33. The quantitative estimate of drug-likeness (QED) is 0.569. The number of aromatic nitrogens is 1. The number of carbonyl (C=O) groups excluding carboxylic acids is 1. The van der Waals surface area contributed by atoms with Crippen LogP contribution in [0.3, 0.4) is 0 Å². The highest BCUT2D eigenvalue weighted by atomic mass is 16.6. The van der Waals surface area contributed by atoms with Gasteiger partial charge in [0.15, 0.2) is 0 Å². The molecular weight excluding hydrogens is 400 g/mol. The van der Waals surface area contributed by atoms with E-state index in [0.29, 0.717) is 0 Å². The summed E-state index contributed by atoms with van der Waals surface area (Å²) in [7, 11) is 0. The van der Waals surface area contributed by atoms with E-state index in [1.807, 2.05) is 57.4 Å². The van der Waals surface area contributed by atoms with E-state index in [-0.39, 0.29) is 12.1 Å². The van der Waals surface area contributed by atoms with E-state index in [2.05, 4.69) is 33.4 Å². The number of alkyl carbamates (subject to hydrolysis) is 1. The van der Waals surface area contributed by atoms with Crippen LogP contribution < -0.4 is 11.1 Å². The number of nitrogens with zero attached hydrogens (tertiary/aromatic N) is 2. The zero-order valence-corrected chi connectivity index (χ0v) is 19.1. The van der Waals surface area contributed by atoms with Crippen LogP contribution in [0.4, 0.5) is 10.5 Å². The minimum Gasteiger partial charge on any atom is -0.444 e. The minimum atomic E-state index is -0.471. The van der Waals surface area contributed by atoms with Crippen molar-refractivity contribution in [1.82, 2.24) is 15.2 Å². The van der Waals surface area contributed by atoms with Gasteiger partial charge >= 0.3 is 6.09 Å². The number of hydrogen-bond acceptors (Lipinski definition) is 5. The fourth-order valence-corrected chi connectivity index (χ4v) is 4.17. The van der Waals surface area contributed by atoms with E-state index in [1.54, 1.807) is 0 Å². The summed E-state index contributed by atoms with van der Waals surface area (Å²) in [6.07, 6.45) is 5.36. The van der Waals surface area contributed by atoms with Crippen molar-refractivity contribution in [3.05, 3.63) is 60.4 Å². The smallest absolute Gasteiger partial charge is 0.407 e. The average Bonchev–Trinajstić information content (AvgIpc) is 2.74. The van der Waals surface area contributed by atoms with Crippen molar-refractivity contribution in [1.29, 1.82) is 0 Å². The molecule has 1 aliphatic rings. The Hall–Kier alpha value is -3.12. The molecule has 1 fully saturated rings. The lowest BCUT2D eigenvalue weighted by atomic mass is 9.98. The highest BCUT2D eigenvalue weighted by Crippen LogP contribution is 2.29. The number of fused-ring (bicyclic) bond motifs is 1. The predicted octanol–water partition coefficient (Wildman–Crippen LogP) is 4.97. The number of pyridine rings is 1. The monoisotopic (exact) mass is 432 g/mol. The normalized spacial score (nSPS) is 15.6. The summed E-state index contributed by atoms with van der Waals surface area (Å²) in [4.78, 5) is 18.9. The summed E-state index contributed by atoms with van der Waals surface area (Å²) < 4.78 is 5.38. The number of anilines is 1. The first-order valence-corrected chi connectivity index (χ1v) is 11.2. The Balaban J connectivity index is 1.41. The third kappa shape index (κ3) is 5.56. The van der Waals surface area contributed by atoms with E-state index in [1.165, 1.54) is 10.9 Å². The van der Waals surface area contributed by atoms with Crippen molar-refractivity contribution in [2.24, 2.45) is 0 Å². The Morgan fingerprint density at radius 3 is 2.53 bits per heavy atom. The first kappa shape index (κ1) is 22.1. The molecule has 0 unspecified atom stereocenters. The van der Waals surface area contributed by atoms with E-state index in [9.17, 15) is 4.79 Å². The van der Waals surface area contributed by atoms with E-state index < -0.39 is 5.60 Å². The molecule has 3 aromatic rings. The number of hydrogen-bond donors (Lipinski definition) is 2. The number of nitrogen functional groups attached to an aromatic ring is 1. The van der Waals surface area contributed by atoms with Crippen LogP contribution >= 0.6 is 0 Å². The van der Waals surface area contributed by atoms with Gasteiger partial charge in [-0.15, -0.1) is 0 Å². The largest absolute Gasteiger partial charge is 0.444 e. The molecular formula is C26H32N4O2. The van der Waals surface area contributed by atoms with Gasteiger partial charge in [-0.05, 0) is 68.3 Å². The molecule has 6 nitrogen and oxygen atoms in total. The number of nitrogens with two attached hydrogens (primary N) is 1. The van der Waals surface area contributed by atoms with Crippen LogP contribution in [-0.2, 0) is 11.3 Å². The molecule has 0 spiro atoms. The van der Waals surface area contributed by atoms with Crippen LogP contribution in [-0.4, -0.2) is 40.7 Å². The number of nitrogens with one attached hydrogen (secondary N) is 1. The van der Waals surface area contributed by atoms with Crippen LogP contribution in [0.25, 0.3) is 21.9 Å². The lowest BCUT2D eigenvalue weighted by molar-refractivity contribution is 0.0477. The molecule has 1 saturated heterocycles. The van der Waals surface area contributed by atoms with Gasteiger partial charge in [0.2, 0.25) is 0 Å². The topological polar surface area (TPSA) is 80.5 Å². The van der Waals surface area contributed by atoms with Gasteiger partial charge in [0, 0.05) is 54.7 Å². The number of ether oxygens (including phenoxy) is 1. The molecule has 0 radical (unpaired) electrons. The number of rotatable bonds is 4. The van der Waals surface area contributed by atoms with Crippen molar-refractivity contribution in [3.8, 4) is 11.1 Å². The molecule has 2 aromatic carbocycles. The highest BCUT2D eigenvalue weighted by molar-refractivity contribution is 5.96. The van der Waals surface area contributed by atoms with Crippen molar-refractivity contribution in [2.75, 3.05) is 18.8 Å². The van der Waals surface area contributed by atoms with Crippen LogP contribution in [0.15, 0.2) is 54.9 Å². The summed E-state index contributed by atoms with van der Waals surface area (Å²) in [5.41, 5.74) is 9.65. The molecule has 1 amide bonds. The van der Waals surface area contributed by atoms with Gasteiger partial charge in [0.05, 0.1) is 0 Å². The number of carbonyl (C=O) groups is 1. The molecule has 4 rings (SSSR count). The second-order valence-electron chi connectivity index (χ2n) is 9.56. The lowest BCUT2D eigenvalue weighted by Gasteiger charge is -2.33. The van der Waals surface area contributed by atoms with Crippen LogP contribution in [0.5, 0.6) is 0 Å². The SMILES string of the molecule is CC(C)(C)OC(=O)NC1CCN(Cc2ccc3cncc(-c4ccc(N)cc4)c3c2)CC1. The molecule has 3 N–H and O–H groups in total. The van der Waals surface area contributed by atoms with Gasteiger partial charge in [-0.1, -0.05) is 24.3 Å². The Morgan fingerprint density at radius 1 is 1.12 bits per heavy atom. The molecule has 6 heteroatoms. The maximum absolute atomic E-state index is 12.0. The Labute approximate surface area is 189 Å². The van der Waals surface area contributed by atoms with Crippen molar-refractivity contribution >= 4 is 22.6 Å². The number of piperidine rings is 1. The fourth-order valence-electron chi connectivity index (χ4n) is 4.17. The molecule has 168 valence electrons. The van der Waals surface area contributed by atoms with Gasteiger partial charge in [-0.2, -0.15) is 0 Å². The van der Waals surface area contributed by atoms with Gasteiger partial charge in [-0.3, -0.25) is 9.88 Å². The van der Waals surface area contributed by atoms with Gasteiger partial charge in [0.1, 0.15) is 5.60 Å². The van der Waals surface area contributed by atoms with Gasteiger partial charge in [-0.25, -0.2) is 4.79 Å². The van der Waals surface area contributed by atoms with E-state index in [4.69, 9.17) is 10.5 Å². The number of amides is 1. The van der Waals surface area contributed by atoms with Gasteiger partial charge in [0.25, 0.3) is 0 Å². The third-order valence-corrected chi connectivity index (χ3v) is 5.76. The molecule has 2 heterocycles. The molecule has 32 heavy (non-hydrogen) atoms. The number of benzene rings is 2. The first-order chi connectivity index (χ1) is 15.3. The van der Waals surface area contributed by atoms with E-state index >= 15 is 0 Å². The Morgan fingerprint density at radius 2 is 1.84 bits per heavy atom. The zero-order chi connectivity index (χ0) is 22.7. The summed E-state index contributed by atoms with van der Waals surface area (Å²) in [6.45, 7) is 8.42. The van der Waals surface area contributed by atoms with Gasteiger partial charge < -0.3 is 15.8 Å². The summed E-state index contributed by atoms with van der Waals surface area (Å²) in [5.74, 6) is 0.